The van der Waals surface area contributed by atoms with Crippen LogP contribution in [0.4, 0.5) is 13.2 Å². The van der Waals surface area contributed by atoms with E-state index < -0.39 is 11.7 Å². The van der Waals surface area contributed by atoms with Crippen LogP contribution < -0.4 is 4.74 Å². The second-order valence-electron chi connectivity index (χ2n) is 6.03. The van der Waals surface area contributed by atoms with Crippen molar-refractivity contribution < 1.29 is 17.9 Å². The van der Waals surface area contributed by atoms with Gasteiger partial charge in [0.1, 0.15) is 17.1 Å². The molecule has 10 heteroatoms. The van der Waals surface area contributed by atoms with Gasteiger partial charge in [-0.15, -0.1) is 5.10 Å². The maximum atomic E-state index is 12.7. The molecule has 0 atom stereocenters. The molecule has 148 valence electrons. The van der Waals surface area contributed by atoms with E-state index in [1.807, 2.05) is 24.3 Å². The van der Waals surface area contributed by atoms with Crippen molar-refractivity contribution in [2.45, 2.75) is 17.0 Å². The quantitative estimate of drug-likeness (QED) is 0.351. The minimum absolute atomic E-state index is 0.444. The first-order valence-electron chi connectivity index (χ1n) is 8.45. The Morgan fingerprint density at radius 3 is 2.38 bits per heavy atom. The number of hydrogen-bond donors (Lipinski definition) is 0. The number of hydrogen-bond acceptors (Lipinski definition) is 6. The van der Waals surface area contributed by atoms with Crippen LogP contribution in [0.15, 0.2) is 59.9 Å². The Morgan fingerprint density at radius 2 is 1.72 bits per heavy atom. The second kappa shape index (κ2) is 7.70. The molecule has 0 fully saturated rings. The molecule has 0 aliphatic rings. The fourth-order valence-electron chi connectivity index (χ4n) is 2.67. The summed E-state index contributed by atoms with van der Waals surface area (Å²) in [7, 11) is 1.59. The van der Waals surface area contributed by atoms with Crippen LogP contribution in [0.1, 0.15) is 11.1 Å². The van der Waals surface area contributed by atoms with Crippen LogP contribution in [-0.4, -0.2) is 32.1 Å². The third-order valence-electron chi connectivity index (χ3n) is 4.18. The van der Waals surface area contributed by atoms with Crippen molar-refractivity contribution in [2.75, 3.05) is 7.11 Å². The zero-order valence-electron chi connectivity index (χ0n) is 15.1. The van der Waals surface area contributed by atoms with Gasteiger partial charge in [0.05, 0.1) is 18.4 Å². The molecular formula is C19H14F3N5OS. The molecule has 2 aromatic carbocycles. The zero-order chi connectivity index (χ0) is 20.4. The SMILES string of the molecule is COc1ccc(-n2nnc3c(SCc4ccc(C(F)(F)F)cc4)ncnc32)cc1. The fraction of sp³-hybridized carbons (Fsp3) is 0.158. The minimum Gasteiger partial charge on any atom is -0.497 e. The van der Waals surface area contributed by atoms with Gasteiger partial charge in [-0.05, 0) is 42.0 Å². The molecule has 0 radical (unpaired) electrons. The zero-order valence-corrected chi connectivity index (χ0v) is 15.9. The Labute approximate surface area is 167 Å². The summed E-state index contributed by atoms with van der Waals surface area (Å²) in [6.45, 7) is 0. The molecule has 6 nitrogen and oxygen atoms in total. The van der Waals surface area contributed by atoms with Gasteiger partial charge in [-0.2, -0.15) is 17.9 Å². The summed E-state index contributed by atoms with van der Waals surface area (Å²) in [6.07, 6.45) is -2.93. The Morgan fingerprint density at radius 1 is 1.00 bits per heavy atom. The van der Waals surface area contributed by atoms with Crippen LogP contribution in [0.2, 0.25) is 0 Å². The molecular weight excluding hydrogens is 403 g/mol. The summed E-state index contributed by atoms with van der Waals surface area (Å²) in [5.41, 5.74) is 1.92. The molecule has 0 aliphatic heterocycles. The van der Waals surface area contributed by atoms with Crippen LogP contribution in [0.3, 0.4) is 0 Å². The van der Waals surface area contributed by atoms with Crippen LogP contribution in [0.25, 0.3) is 16.9 Å². The highest BCUT2D eigenvalue weighted by Gasteiger charge is 2.29. The molecule has 0 saturated heterocycles. The lowest BCUT2D eigenvalue weighted by Crippen LogP contribution is -2.04. The number of halogens is 3. The van der Waals surface area contributed by atoms with E-state index in [-0.39, 0.29) is 0 Å². The highest BCUT2D eigenvalue weighted by atomic mass is 32.2. The van der Waals surface area contributed by atoms with Crippen molar-refractivity contribution in [3.05, 3.63) is 66.0 Å². The van der Waals surface area contributed by atoms with E-state index in [1.165, 1.54) is 30.2 Å². The summed E-state index contributed by atoms with van der Waals surface area (Å²) < 4.78 is 44.8. The largest absolute Gasteiger partial charge is 0.497 e. The van der Waals surface area contributed by atoms with Crippen LogP contribution in [0, 0.1) is 0 Å². The third-order valence-corrected chi connectivity index (χ3v) is 5.23. The number of benzene rings is 2. The van der Waals surface area contributed by atoms with Gasteiger partial charge in [0, 0.05) is 5.75 Å². The topological polar surface area (TPSA) is 65.7 Å². The molecule has 0 spiro atoms. The van der Waals surface area contributed by atoms with Crippen molar-refractivity contribution in [3.63, 3.8) is 0 Å². The molecule has 0 unspecified atom stereocenters. The van der Waals surface area contributed by atoms with E-state index in [4.69, 9.17) is 4.74 Å². The second-order valence-corrected chi connectivity index (χ2v) is 7.00. The average molecular weight is 417 g/mol. The summed E-state index contributed by atoms with van der Waals surface area (Å²) in [5.74, 6) is 1.17. The summed E-state index contributed by atoms with van der Waals surface area (Å²) >= 11 is 1.36. The summed E-state index contributed by atoms with van der Waals surface area (Å²) in [6, 6.07) is 12.4. The smallest absolute Gasteiger partial charge is 0.416 e. The van der Waals surface area contributed by atoms with Crippen LogP contribution >= 0.6 is 11.8 Å². The predicted octanol–water partition coefficient (Wildman–Crippen LogP) is 4.53. The maximum absolute atomic E-state index is 12.7. The number of methoxy groups -OCH3 is 1. The Kier molecular flexibility index (Phi) is 5.10. The lowest BCUT2D eigenvalue weighted by molar-refractivity contribution is -0.137. The fourth-order valence-corrected chi connectivity index (χ4v) is 3.56. The van der Waals surface area contributed by atoms with Gasteiger partial charge in [-0.3, -0.25) is 0 Å². The molecule has 0 aliphatic carbocycles. The summed E-state index contributed by atoms with van der Waals surface area (Å²) in [5, 5.41) is 8.95. The molecule has 0 N–H and O–H groups in total. The molecule has 4 aromatic rings. The third kappa shape index (κ3) is 4.02. The normalized spacial score (nSPS) is 11.7. The first-order chi connectivity index (χ1) is 14.0. The molecule has 0 amide bonds. The molecule has 4 rings (SSSR count). The number of nitrogens with zero attached hydrogens (tertiary/aromatic N) is 5. The number of aromatic nitrogens is 5. The number of alkyl halides is 3. The van der Waals surface area contributed by atoms with Crippen LogP contribution in [-0.2, 0) is 11.9 Å². The van der Waals surface area contributed by atoms with Crippen molar-refractivity contribution in [2.24, 2.45) is 0 Å². The van der Waals surface area contributed by atoms with E-state index in [2.05, 4.69) is 20.3 Å². The number of thioether (sulfide) groups is 1. The van der Waals surface area contributed by atoms with Crippen molar-refractivity contribution in [1.82, 2.24) is 25.0 Å². The standard InChI is InChI=1S/C19H14F3N5OS/c1-28-15-8-6-14(7-9-15)27-17-16(25-26-27)18(24-11-23-17)29-10-12-2-4-13(5-3-12)19(20,21)22/h2-9,11H,10H2,1H3. The van der Waals surface area contributed by atoms with Crippen molar-refractivity contribution in [3.8, 4) is 11.4 Å². The number of ether oxygens (including phenoxy) is 1. The summed E-state index contributed by atoms with van der Waals surface area (Å²) in [4.78, 5) is 8.52. The van der Waals surface area contributed by atoms with Crippen molar-refractivity contribution in [1.29, 1.82) is 0 Å². The van der Waals surface area contributed by atoms with Gasteiger partial charge in [0.25, 0.3) is 0 Å². The van der Waals surface area contributed by atoms with E-state index in [1.54, 1.807) is 11.8 Å². The minimum atomic E-state index is -4.34. The molecule has 29 heavy (non-hydrogen) atoms. The monoisotopic (exact) mass is 417 g/mol. The first kappa shape index (κ1) is 19.2. The van der Waals surface area contributed by atoms with Gasteiger partial charge in [-0.1, -0.05) is 29.1 Å². The predicted molar refractivity (Wildman–Crippen MR) is 102 cm³/mol. The first-order valence-corrected chi connectivity index (χ1v) is 9.44. The average Bonchev–Trinajstić information content (AvgIpc) is 3.17. The molecule has 0 bridgehead atoms. The van der Waals surface area contributed by atoms with E-state index in [9.17, 15) is 13.2 Å². The van der Waals surface area contributed by atoms with Gasteiger partial charge < -0.3 is 4.74 Å². The van der Waals surface area contributed by atoms with Gasteiger partial charge in [-0.25, -0.2) is 9.97 Å². The van der Waals surface area contributed by atoms with Gasteiger partial charge in [0.15, 0.2) is 11.2 Å². The lowest BCUT2D eigenvalue weighted by Gasteiger charge is -2.07. The van der Waals surface area contributed by atoms with E-state index in [0.717, 1.165) is 29.1 Å². The van der Waals surface area contributed by atoms with Crippen LogP contribution in [0.5, 0.6) is 5.75 Å². The lowest BCUT2D eigenvalue weighted by atomic mass is 10.1. The highest BCUT2D eigenvalue weighted by Crippen LogP contribution is 2.31. The Balaban J connectivity index is 1.56. The number of rotatable bonds is 5. The van der Waals surface area contributed by atoms with E-state index in [0.29, 0.717) is 21.9 Å². The Bertz CT molecular complexity index is 1130. The Hall–Kier alpha value is -3.14. The molecule has 0 saturated carbocycles. The van der Waals surface area contributed by atoms with Gasteiger partial charge in [0.2, 0.25) is 0 Å². The van der Waals surface area contributed by atoms with Crippen molar-refractivity contribution >= 4 is 22.9 Å². The maximum Gasteiger partial charge on any atom is 0.416 e. The molecule has 2 aromatic heterocycles. The van der Waals surface area contributed by atoms with E-state index >= 15 is 0 Å². The van der Waals surface area contributed by atoms with Gasteiger partial charge >= 0.3 is 6.18 Å². The highest BCUT2D eigenvalue weighted by molar-refractivity contribution is 7.98. The number of fused-ring (bicyclic) bond motifs is 1. The molecule has 2 heterocycles.